The van der Waals surface area contributed by atoms with E-state index < -0.39 is 5.41 Å². The molecular weight excluding hydrogens is 390 g/mol. The summed E-state index contributed by atoms with van der Waals surface area (Å²) < 4.78 is 7.13. The molecule has 3 heterocycles. The number of rotatable bonds is 4. The van der Waals surface area contributed by atoms with Crippen LogP contribution >= 0.6 is 11.6 Å². The number of hydrogen-bond donors (Lipinski definition) is 0. The maximum absolute atomic E-state index is 12.6. The third-order valence-electron chi connectivity index (χ3n) is 5.43. The van der Waals surface area contributed by atoms with Crippen LogP contribution in [0.5, 0.6) is 0 Å². The van der Waals surface area contributed by atoms with Gasteiger partial charge in [0, 0.05) is 25.4 Å². The van der Waals surface area contributed by atoms with E-state index in [2.05, 4.69) is 10.1 Å². The van der Waals surface area contributed by atoms with Gasteiger partial charge >= 0.3 is 0 Å². The first-order valence-electron chi connectivity index (χ1n) is 9.28. The standard InChI is InChI=1S/C21H22ClN5O2/c1-12(29-5)18-24-19(27(25-18)14-7-9-17(22)23-11-14)13-6-8-16-15(10-13)21(2,3)20(28)26(16)4/h6-12H,1-5H3. The number of pyridine rings is 1. The zero-order chi connectivity index (χ0) is 20.9. The Labute approximate surface area is 174 Å². The second-order valence-electron chi connectivity index (χ2n) is 7.64. The minimum atomic E-state index is -0.602. The monoisotopic (exact) mass is 411 g/mol. The summed E-state index contributed by atoms with van der Waals surface area (Å²) >= 11 is 5.94. The lowest BCUT2D eigenvalue weighted by Gasteiger charge is -2.16. The molecule has 1 amide bonds. The molecule has 0 N–H and O–H groups in total. The molecule has 3 aromatic rings. The Bertz CT molecular complexity index is 1090. The highest BCUT2D eigenvalue weighted by Crippen LogP contribution is 2.42. The van der Waals surface area contributed by atoms with Crippen molar-refractivity contribution in [3.63, 3.8) is 0 Å². The molecule has 1 atom stereocenters. The fourth-order valence-corrected chi connectivity index (χ4v) is 3.69. The van der Waals surface area contributed by atoms with Crippen molar-refractivity contribution in [3.05, 3.63) is 53.1 Å². The number of benzene rings is 1. The van der Waals surface area contributed by atoms with Crippen LogP contribution in [-0.2, 0) is 14.9 Å². The molecule has 1 aromatic carbocycles. The van der Waals surface area contributed by atoms with E-state index in [1.54, 1.807) is 36.0 Å². The number of carbonyl (C=O) groups is 1. The van der Waals surface area contributed by atoms with Gasteiger partial charge in [-0.15, -0.1) is 5.10 Å². The SMILES string of the molecule is COC(C)c1nc(-c2ccc3c(c2)C(C)(C)C(=O)N3C)n(-c2ccc(Cl)nc2)n1. The molecular formula is C21H22ClN5O2. The number of nitrogens with zero attached hydrogens (tertiary/aromatic N) is 5. The Hall–Kier alpha value is -2.77. The zero-order valence-corrected chi connectivity index (χ0v) is 17.7. The first-order valence-corrected chi connectivity index (χ1v) is 9.66. The van der Waals surface area contributed by atoms with Crippen molar-refractivity contribution in [2.45, 2.75) is 32.3 Å². The van der Waals surface area contributed by atoms with Crippen LogP contribution in [-0.4, -0.2) is 39.8 Å². The minimum absolute atomic E-state index is 0.0710. The van der Waals surface area contributed by atoms with Crippen molar-refractivity contribution in [2.75, 3.05) is 19.1 Å². The highest BCUT2D eigenvalue weighted by atomic mass is 35.5. The van der Waals surface area contributed by atoms with Gasteiger partial charge in [-0.1, -0.05) is 11.6 Å². The molecule has 1 unspecified atom stereocenters. The van der Waals surface area contributed by atoms with E-state index in [1.807, 2.05) is 45.0 Å². The topological polar surface area (TPSA) is 73.1 Å². The van der Waals surface area contributed by atoms with E-state index in [4.69, 9.17) is 21.3 Å². The highest BCUT2D eigenvalue weighted by molar-refractivity contribution is 6.29. The van der Waals surface area contributed by atoms with E-state index in [0.29, 0.717) is 16.8 Å². The number of halogens is 1. The van der Waals surface area contributed by atoms with E-state index in [0.717, 1.165) is 22.5 Å². The summed E-state index contributed by atoms with van der Waals surface area (Å²) in [7, 11) is 3.42. The summed E-state index contributed by atoms with van der Waals surface area (Å²) in [6.45, 7) is 5.77. The van der Waals surface area contributed by atoms with Crippen LogP contribution in [0.15, 0.2) is 36.5 Å². The van der Waals surface area contributed by atoms with Gasteiger partial charge in [0.15, 0.2) is 11.6 Å². The molecule has 150 valence electrons. The molecule has 29 heavy (non-hydrogen) atoms. The number of hydrogen-bond acceptors (Lipinski definition) is 5. The van der Waals surface area contributed by atoms with Gasteiger partial charge in [-0.3, -0.25) is 4.79 Å². The minimum Gasteiger partial charge on any atom is -0.374 e. The number of ether oxygens (including phenoxy) is 1. The van der Waals surface area contributed by atoms with Gasteiger partial charge in [0.1, 0.15) is 11.3 Å². The smallest absolute Gasteiger partial charge is 0.236 e. The lowest BCUT2D eigenvalue weighted by atomic mass is 9.85. The van der Waals surface area contributed by atoms with Crippen LogP contribution in [0.25, 0.3) is 17.1 Å². The van der Waals surface area contributed by atoms with Crippen molar-refractivity contribution in [3.8, 4) is 17.1 Å². The predicted molar refractivity (Wildman–Crippen MR) is 111 cm³/mol. The summed E-state index contributed by atoms with van der Waals surface area (Å²) in [5, 5.41) is 5.04. The average molecular weight is 412 g/mol. The van der Waals surface area contributed by atoms with Gasteiger partial charge in [-0.25, -0.2) is 14.6 Å². The molecule has 2 aromatic heterocycles. The summed E-state index contributed by atoms with van der Waals surface area (Å²) in [5.74, 6) is 1.28. The Balaban J connectivity index is 1.89. The lowest BCUT2D eigenvalue weighted by Crippen LogP contribution is -2.33. The van der Waals surface area contributed by atoms with E-state index in [9.17, 15) is 4.79 Å². The molecule has 1 aliphatic rings. The number of amides is 1. The van der Waals surface area contributed by atoms with Gasteiger partial charge < -0.3 is 9.64 Å². The first kappa shape index (κ1) is 19.5. The van der Waals surface area contributed by atoms with Gasteiger partial charge in [-0.05, 0) is 56.7 Å². The zero-order valence-electron chi connectivity index (χ0n) is 17.0. The summed E-state index contributed by atoms with van der Waals surface area (Å²) in [5.41, 5.74) is 2.87. The molecule has 0 aliphatic carbocycles. The van der Waals surface area contributed by atoms with Crippen LogP contribution in [0, 0.1) is 0 Å². The van der Waals surface area contributed by atoms with Crippen LogP contribution in [0.3, 0.4) is 0 Å². The van der Waals surface area contributed by atoms with E-state index in [1.165, 1.54) is 0 Å². The van der Waals surface area contributed by atoms with Gasteiger partial charge in [0.05, 0.1) is 17.3 Å². The molecule has 1 aliphatic heterocycles. The molecule has 8 heteroatoms. The van der Waals surface area contributed by atoms with Gasteiger partial charge in [-0.2, -0.15) is 0 Å². The average Bonchev–Trinajstić information content (AvgIpc) is 3.23. The Kier molecular flexibility index (Phi) is 4.67. The van der Waals surface area contributed by atoms with Crippen LogP contribution in [0.2, 0.25) is 5.15 Å². The molecule has 0 radical (unpaired) electrons. The summed E-state index contributed by atoms with van der Waals surface area (Å²) in [4.78, 5) is 23.2. The maximum Gasteiger partial charge on any atom is 0.236 e. The number of anilines is 1. The Morgan fingerprint density at radius 1 is 1.21 bits per heavy atom. The van der Waals surface area contributed by atoms with Crippen LogP contribution < -0.4 is 4.90 Å². The third kappa shape index (κ3) is 3.10. The highest BCUT2D eigenvalue weighted by Gasteiger charge is 2.42. The predicted octanol–water partition coefficient (Wildman–Crippen LogP) is 3.94. The molecule has 0 saturated heterocycles. The second-order valence-corrected chi connectivity index (χ2v) is 8.03. The molecule has 0 fully saturated rings. The number of carbonyl (C=O) groups excluding carboxylic acids is 1. The largest absolute Gasteiger partial charge is 0.374 e. The number of methoxy groups -OCH3 is 1. The fourth-order valence-electron chi connectivity index (χ4n) is 3.58. The van der Waals surface area contributed by atoms with Crippen molar-refractivity contribution >= 4 is 23.2 Å². The Morgan fingerprint density at radius 3 is 2.62 bits per heavy atom. The number of aromatic nitrogens is 4. The van der Waals surface area contributed by atoms with E-state index >= 15 is 0 Å². The molecule has 7 nitrogen and oxygen atoms in total. The normalized spacial score (nSPS) is 16.2. The molecule has 0 bridgehead atoms. The van der Waals surface area contributed by atoms with Crippen LogP contribution in [0.4, 0.5) is 5.69 Å². The molecule has 0 spiro atoms. The summed E-state index contributed by atoms with van der Waals surface area (Å²) in [6.07, 6.45) is 1.38. The molecule has 4 rings (SSSR count). The maximum atomic E-state index is 12.6. The van der Waals surface area contributed by atoms with Crippen molar-refractivity contribution in [1.29, 1.82) is 0 Å². The fraction of sp³-hybridized carbons (Fsp3) is 0.333. The second kappa shape index (κ2) is 6.93. The third-order valence-corrected chi connectivity index (χ3v) is 5.65. The van der Waals surface area contributed by atoms with Crippen molar-refractivity contribution in [2.24, 2.45) is 0 Å². The number of fused-ring (bicyclic) bond motifs is 1. The first-order chi connectivity index (χ1) is 13.7. The van der Waals surface area contributed by atoms with E-state index in [-0.39, 0.29) is 12.0 Å². The Morgan fingerprint density at radius 2 is 1.97 bits per heavy atom. The lowest BCUT2D eigenvalue weighted by molar-refractivity contribution is -0.121. The van der Waals surface area contributed by atoms with Crippen molar-refractivity contribution < 1.29 is 9.53 Å². The number of likely N-dealkylation sites (N-methyl/N-ethyl adjacent to an activating group) is 1. The van der Waals surface area contributed by atoms with Gasteiger partial charge in [0.25, 0.3) is 0 Å². The molecule has 0 saturated carbocycles. The summed E-state index contributed by atoms with van der Waals surface area (Å²) in [6, 6.07) is 9.47. The van der Waals surface area contributed by atoms with Crippen molar-refractivity contribution in [1.82, 2.24) is 19.7 Å². The van der Waals surface area contributed by atoms with Crippen LogP contribution in [0.1, 0.15) is 38.3 Å². The quantitative estimate of drug-likeness (QED) is 0.608. The van der Waals surface area contributed by atoms with Gasteiger partial charge in [0.2, 0.25) is 5.91 Å².